The fraction of sp³-hybridized carbons (Fsp3) is 0.688. The van der Waals surface area contributed by atoms with E-state index >= 15 is 0 Å². The van der Waals surface area contributed by atoms with Crippen molar-refractivity contribution in [3.8, 4) is 0 Å². The van der Waals surface area contributed by atoms with Crippen LogP contribution in [0.4, 0.5) is 0 Å². The van der Waals surface area contributed by atoms with Crippen molar-refractivity contribution in [1.29, 1.82) is 0 Å². The van der Waals surface area contributed by atoms with E-state index in [0.29, 0.717) is 18.9 Å². The van der Waals surface area contributed by atoms with Crippen molar-refractivity contribution in [2.45, 2.75) is 59.5 Å². The van der Waals surface area contributed by atoms with Gasteiger partial charge in [0.05, 0.1) is 11.0 Å². The molecule has 0 aromatic carbocycles. The molecule has 1 atom stereocenters. The van der Waals surface area contributed by atoms with Gasteiger partial charge in [-0.25, -0.2) is 0 Å². The molecule has 1 unspecified atom stereocenters. The van der Waals surface area contributed by atoms with Crippen LogP contribution in [0.3, 0.4) is 0 Å². The summed E-state index contributed by atoms with van der Waals surface area (Å²) in [6.45, 7) is 8.74. The lowest BCUT2D eigenvalue weighted by Gasteiger charge is -2.13. The molecular weight excluding hydrogens is 270 g/mol. The predicted octanol–water partition coefficient (Wildman–Crippen LogP) is 3.40. The van der Waals surface area contributed by atoms with Crippen molar-refractivity contribution >= 4 is 17.2 Å². The van der Waals surface area contributed by atoms with Crippen LogP contribution in [-0.2, 0) is 12.8 Å². The van der Waals surface area contributed by atoms with E-state index in [2.05, 4.69) is 33.0 Å². The minimum Gasteiger partial charge on any atom is -0.391 e. The molecule has 1 heterocycles. The molecular formula is C16H27NO2S. The fourth-order valence-electron chi connectivity index (χ4n) is 2.24. The van der Waals surface area contributed by atoms with Crippen LogP contribution in [0.2, 0.25) is 0 Å². The highest BCUT2D eigenvalue weighted by atomic mass is 32.1. The summed E-state index contributed by atoms with van der Waals surface area (Å²) in [5.74, 6) is 0.376. The number of carbonyl (C=O) groups is 1. The standard InChI is InChI=1S/C16H27NO2S/c1-5-7-14-12(6-2)9-15(20-14)16(19)17-10-13(18)8-11(3)4/h9,11,13,18H,5-8,10H2,1-4H3,(H,17,19). The third-order valence-corrected chi connectivity index (χ3v) is 4.46. The molecule has 0 fully saturated rings. The number of thiophene rings is 1. The Hall–Kier alpha value is -0.870. The van der Waals surface area contributed by atoms with E-state index in [1.807, 2.05) is 6.07 Å². The van der Waals surface area contributed by atoms with E-state index in [1.54, 1.807) is 11.3 Å². The summed E-state index contributed by atoms with van der Waals surface area (Å²) in [5, 5.41) is 12.6. The van der Waals surface area contributed by atoms with Gasteiger partial charge in [-0.2, -0.15) is 0 Å². The first-order valence-corrected chi connectivity index (χ1v) is 8.37. The van der Waals surface area contributed by atoms with Crippen molar-refractivity contribution < 1.29 is 9.90 Å². The molecule has 3 nitrogen and oxygen atoms in total. The Morgan fingerprint density at radius 2 is 2.10 bits per heavy atom. The minimum atomic E-state index is -0.459. The second-order valence-electron chi connectivity index (χ2n) is 5.66. The molecule has 1 aromatic rings. The number of rotatable bonds is 8. The van der Waals surface area contributed by atoms with Crippen LogP contribution in [0.15, 0.2) is 6.07 Å². The summed E-state index contributed by atoms with van der Waals surface area (Å²) in [7, 11) is 0. The van der Waals surface area contributed by atoms with Crippen molar-refractivity contribution in [2.24, 2.45) is 5.92 Å². The van der Waals surface area contributed by atoms with E-state index in [1.165, 1.54) is 10.4 Å². The predicted molar refractivity (Wildman–Crippen MR) is 85.5 cm³/mol. The second-order valence-corrected chi connectivity index (χ2v) is 6.79. The lowest BCUT2D eigenvalue weighted by atomic mass is 10.1. The summed E-state index contributed by atoms with van der Waals surface area (Å²) in [6, 6.07) is 2.00. The zero-order valence-corrected chi connectivity index (χ0v) is 13.8. The van der Waals surface area contributed by atoms with Gasteiger partial charge in [-0.05, 0) is 36.8 Å². The van der Waals surface area contributed by atoms with E-state index in [0.717, 1.165) is 24.1 Å². The van der Waals surface area contributed by atoms with E-state index in [-0.39, 0.29) is 5.91 Å². The van der Waals surface area contributed by atoms with Gasteiger partial charge in [-0.3, -0.25) is 4.79 Å². The number of hydrogen-bond acceptors (Lipinski definition) is 3. The van der Waals surface area contributed by atoms with E-state index in [4.69, 9.17) is 0 Å². The Morgan fingerprint density at radius 1 is 1.40 bits per heavy atom. The van der Waals surface area contributed by atoms with Crippen molar-refractivity contribution in [3.05, 3.63) is 21.4 Å². The topological polar surface area (TPSA) is 49.3 Å². The van der Waals surface area contributed by atoms with Gasteiger partial charge in [0.2, 0.25) is 0 Å². The summed E-state index contributed by atoms with van der Waals surface area (Å²) >= 11 is 1.59. The molecule has 1 amide bonds. The summed E-state index contributed by atoms with van der Waals surface area (Å²) < 4.78 is 0. The Labute approximate surface area is 126 Å². The van der Waals surface area contributed by atoms with E-state index in [9.17, 15) is 9.90 Å². The largest absolute Gasteiger partial charge is 0.391 e. The Morgan fingerprint density at radius 3 is 2.65 bits per heavy atom. The Kier molecular flexibility index (Phi) is 7.24. The number of aryl methyl sites for hydroxylation is 2. The number of aliphatic hydroxyl groups is 1. The molecule has 2 N–H and O–H groups in total. The molecule has 0 aliphatic rings. The summed E-state index contributed by atoms with van der Waals surface area (Å²) in [6.07, 6.45) is 3.36. The Balaban J connectivity index is 2.59. The fourth-order valence-corrected chi connectivity index (χ4v) is 3.51. The number of aliphatic hydroxyl groups excluding tert-OH is 1. The molecule has 0 spiro atoms. The third kappa shape index (κ3) is 5.25. The van der Waals surface area contributed by atoms with Gasteiger partial charge in [0.25, 0.3) is 5.91 Å². The van der Waals surface area contributed by atoms with Crippen molar-refractivity contribution in [2.75, 3.05) is 6.54 Å². The normalized spacial score (nSPS) is 12.7. The average molecular weight is 297 g/mol. The van der Waals surface area contributed by atoms with Gasteiger partial charge >= 0.3 is 0 Å². The minimum absolute atomic E-state index is 0.0603. The number of carbonyl (C=O) groups excluding carboxylic acids is 1. The lowest BCUT2D eigenvalue weighted by Crippen LogP contribution is -2.32. The zero-order chi connectivity index (χ0) is 15.1. The van der Waals surface area contributed by atoms with Crippen molar-refractivity contribution in [1.82, 2.24) is 5.32 Å². The highest BCUT2D eigenvalue weighted by molar-refractivity contribution is 7.14. The van der Waals surface area contributed by atoms with Crippen LogP contribution in [0.25, 0.3) is 0 Å². The van der Waals surface area contributed by atoms with Gasteiger partial charge in [-0.1, -0.05) is 34.1 Å². The van der Waals surface area contributed by atoms with Gasteiger partial charge < -0.3 is 10.4 Å². The van der Waals surface area contributed by atoms with Gasteiger partial charge in [0, 0.05) is 11.4 Å². The average Bonchev–Trinajstić information content (AvgIpc) is 2.79. The third-order valence-electron chi connectivity index (χ3n) is 3.22. The second kappa shape index (κ2) is 8.42. The molecule has 0 aliphatic heterocycles. The molecule has 0 bridgehead atoms. The number of amides is 1. The molecule has 0 saturated carbocycles. The molecule has 4 heteroatoms. The maximum Gasteiger partial charge on any atom is 0.261 e. The molecule has 1 rings (SSSR count). The van der Waals surface area contributed by atoms with Gasteiger partial charge in [-0.15, -0.1) is 11.3 Å². The van der Waals surface area contributed by atoms with Gasteiger partial charge in [0.1, 0.15) is 0 Å². The number of hydrogen-bond donors (Lipinski definition) is 2. The van der Waals surface area contributed by atoms with Crippen LogP contribution >= 0.6 is 11.3 Å². The number of nitrogens with one attached hydrogen (secondary N) is 1. The molecule has 0 radical (unpaired) electrons. The van der Waals surface area contributed by atoms with Crippen LogP contribution in [-0.4, -0.2) is 23.7 Å². The van der Waals surface area contributed by atoms with E-state index < -0.39 is 6.10 Å². The van der Waals surface area contributed by atoms with Crippen LogP contribution in [0, 0.1) is 5.92 Å². The van der Waals surface area contributed by atoms with Gasteiger partial charge in [0.15, 0.2) is 0 Å². The highest BCUT2D eigenvalue weighted by Gasteiger charge is 2.15. The first kappa shape index (κ1) is 17.2. The maximum atomic E-state index is 12.1. The first-order valence-electron chi connectivity index (χ1n) is 7.55. The molecule has 20 heavy (non-hydrogen) atoms. The SMILES string of the molecule is CCCc1sc(C(=O)NCC(O)CC(C)C)cc1CC. The molecule has 0 aliphatic carbocycles. The highest BCUT2D eigenvalue weighted by Crippen LogP contribution is 2.24. The summed E-state index contributed by atoms with van der Waals surface area (Å²) in [5.41, 5.74) is 1.28. The molecule has 0 saturated heterocycles. The van der Waals surface area contributed by atoms with Crippen molar-refractivity contribution in [3.63, 3.8) is 0 Å². The van der Waals surface area contributed by atoms with Crippen LogP contribution < -0.4 is 5.32 Å². The monoisotopic (exact) mass is 297 g/mol. The maximum absolute atomic E-state index is 12.1. The summed E-state index contributed by atoms with van der Waals surface area (Å²) in [4.78, 5) is 14.2. The zero-order valence-electron chi connectivity index (χ0n) is 13.0. The smallest absolute Gasteiger partial charge is 0.261 e. The molecule has 1 aromatic heterocycles. The Bertz CT molecular complexity index is 426. The quantitative estimate of drug-likeness (QED) is 0.772. The molecule has 114 valence electrons. The van der Waals surface area contributed by atoms with Crippen LogP contribution in [0.5, 0.6) is 0 Å². The lowest BCUT2D eigenvalue weighted by molar-refractivity contribution is 0.0904. The first-order chi connectivity index (χ1) is 9.47. The van der Waals surface area contributed by atoms with Crippen LogP contribution in [0.1, 0.15) is 60.6 Å².